The molecule has 21 heavy (non-hydrogen) atoms. The standard InChI is InChI=1S/C14H22N2O4S/c1-10(2)7-11(8-14(17)18)9-16-12-5-3-4-6-13(12)21(15,19)20/h3-6,10-11,16H,7-9H2,1-2H3,(H,17,18)(H2,15,19,20). The van der Waals surface area contributed by atoms with Gasteiger partial charge < -0.3 is 10.4 Å². The van der Waals surface area contributed by atoms with Crippen LogP contribution in [0.3, 0.4) is 0 Å². The molecule has 118 valence electrons. The number of nitrogens with one attached hydrogen (secondary N) is 1. The molecule has 6 nitrogen and oxygen atoms in total. The van der Waals surface area contributed by atoms with E-state index in [1.807, 2.05) is 13.8 Å². The Morgan fingerprint density at radius 2 is 1.95 bits per heavy atom. The van der Waals surface area contributed by atoms with Gasteiger partial charge in [-0.3, -0.25) is 4.79 Å². The van der Waals surface area contributed by atoms with Gasteiger partial charge in [-0.2, -0.15) is 0 Å². The Kier molecular flexibility index (Phi) is 6.17. The number of hydrogen-bond donors (Lipinski definition) is 3. The smallest absolute Gasteiger partial charge is 0.303 e. The normalized spacial score (nSPS) is 13.1. The first-order valence-electron chi connectivity index (χ1n) is 6.77. The monoisotopic (exact) mass is 314 g/mol. The van der Waals surface area contributed by atoms with E-state index in [0.717, 1.165) is 6.42 Å². The minimum Gasteiger partial charge on any atom is -0.481 e. The molecule has 0 aliphatic heterocycles. The molecule has 4 N–H and O–H groups in total. The average Bonchev–Trinajstić information content (AvgIpc) is 2.34. The molecular weight excluding hydrogens is 292 g/mol. The highest BCUT2D eigenvalue weighted by molar-refractivity contribution is 7.89. The van der Waals surface area contributed by atoms with Crippen LogP contribution in [0.4, 0.5) is 5.69 Å². The second kappa shape index (κ2) is 7.42. The van der Waals surface area contributed by atoms with Crippen molar-refractivity contribution in [3.63, 3.8) is 0 Å². The highest BCUT2D eigenvalue weighted by Gasteiger charge is 2.17. The minimum atomic E-state index is -3.81. The Hall–Kier alpha value is -1.60. The number of carboxylic acid groups (broad SMARTS) is 1. The first-order valence-corrected chi connectivity index (χ1v) is 8.32. The van der Waals surface area contributed by atoms with Crippen molar-refractivity contribution in [2.45, 2.75) is 31.6 Å². The fourth-order valence-corrected chi connectivity index (χ4v) is 2.98. The van der Waals surface area contributed by atoms with Crippen molar-refractivity contribution >= 4 is 21.7 Å². The molecule has 0 aliphatic rings. The van der Waals surface area contributed by atoms with Crippen molar-refractivity contribution < 1.29 is 18.3 Å². The van der Waals surface area contributed by atoms with Crippen molar-refractivity contribution in [2.75, 3.05) is 11.9 Å². The average molecular weight is 314 g/mol. The van der Waals surface area contributed by atoms with Crippen LogP contribution in [0.25, 0.3) is 0 Å². The van der Waals surface area contributed by atoms with Crippen LogP contribution in [-0.4, -0.2) is 26.0 Å². The molecule has 0 amide bonds. The highest BCUT2D eigenvalue weighted by Crippen LogP contribution is 2.22. The number of nitrogens with two attached hydrogens (primary N) is 1. The van der Waals surface area contributed by atoms with Crippen LogP contribution in [0.1, 0.15) is 26.7 Å². The largest absolute Gasteiger partial charge is 0.481 e. The molecule has 1 unspecified atom stereocenters. The second-order valence-electron chi connectivity index (χ2n) is 5.52. The van der Waals surface area contributed by atoms with Gasteiger partial charge in [0.1, 0.15) is 4.90 Å². The number of aliphatic carboxylic acids is 1. The molecule has 0 aliphatic carbocycles. The second-order valence-corrected chi connectivity index (χ2v) is 7.05. The Morgan fingerprint density at radius 3 is 2.48 bits per heavy atom. The van der Waals surface area contributed by atoms with Crippen molar-refractivity contribution in [3.8, 4) is 0 Å². The summed E-state index contributed by atoms with van der Waals surface area (Å²) in [6.45, 7) is 4.43. The molecule has 1 rings (SSSR count). The van der Waals surface area contributed by atoms with E-state index in [0.29, 0.717) is 18.2 Å². The zero-order valence-electron chi connectivity index (χ0n) is 12.2. The number of primary sulfonamides is 1. The highest BCUT2D eigenvalue weighted by atomic mass is 32.2. The number of sulfonamides is 1. The van der Waals surface area contributed by atoms with E-state index >= 15 is 0 Å². The van der Waals surface area contributed by atoms with E-state index < -0.39 is 16.0 Å². The van der Waals surface area contributed by atoms with E-state index in [1.54, 1.807) is 18.2 Å². The molecule has 0 spiro atoms. The number of anilines is 1. The fraction of sp³-hybridized carbons (Fsp3) is 0.500. The number of rotatable bonds is 8. The number of para-hydroxylation sites is 1. The van der Waals surface area contributed by atoms with Gasteiger partial charge in [-0.05, 0) is 30.4 Å². The van der Waals surface area contributed by atoms with E-state index in [-0.39, 0.29) is 17.2 Å². The zero-order valence-corrected chi connectivity index (χ0v) is 13.1. The third kappa shape index (κ3) is 6.14. The third-order valence-corrected chi connectivity index (χ3v) is 4.01. The van der Waals surface area contributed by atoms with Gasteiger partial charge >= 0.3 is 5.97 Å². The third-order valence-electron chi connectivity index (χ3n) is 3.04. The van der Waals surface area contributed by atoms with E-state index in [1.165, 1.54) is 6.07 Å². The molecule has 0 saturated heterocycles. The molecule has 0 saturated carbocycles. The van der Waals surface area contributed by atoms with Gasteiger partial charge in [0, 0.05) is 13.0 Å². The van der Waals surface area contributed by atoms with Gasteiger partial charge in [0.2, 0.25) is 10.0 Å². The van der Waals surface area contributed by atoms with Gasteiger partial charge in [0.05, 0.1) is 5.69 Å². The summed E-state index contributed by atoms with van der Waals surface area (Å²) >= 11 is 0. The summed E-state index contributed by atoms with van der Waals surface area (Å²) in [7, 11) is -3.81. The van der Waals surface area contributed by atoms with Gasteiger partial charge in [-0.15, -0.1) is 0 Å². The van der Waals surface area contributed by atoms with Crippen LogP contribution >= 0.6 is 0 Å². The van der Waals surface area contributed by atoms with Crippen molar-refractivity contribution in [1.82, 2.24) is 0 Å². The molecule has 7 heteroatoms. The SMILES string of the molecule is CC(C)CC(CNc1ccccc1S(N)(=O)=O)CC(=O)O. The van der Waals surface area contributed by atoms with E-state index in [2.05, 4.69) is 5.32 Å². The lowest BCUT2D eigenvalue weighted by Crippen LogP contribution is -2.21. The Bertz CT molecular complexity index is 584. The quantitative estimate of drug-likeness (QED) is 0.678. The van der Waals surface area contributed by atoms with Crippen LogP contribution < -0.4 is 10.5 Å². The lowest BCUT2D eigenvalue weighted by Gasteiger charge is -2.19. The fourth-order valence-electron chi connectivity index (χ4n) is 2.27. The zero-order chi connectivity index (χ0) is 16.0. The molecule has 0 bridgehead atoms. The topological polar surface area (TPSA) is 109 Å². The number of hydrogen-bond acceptors (Lipinski definition) is 4. The predicted molar refractivity (Wildman–Crippen MR) is 81.5 cm³/mol. The number of carbonyl (C=O) groups is 1. The summed E-state index contributed by atoms with van der Waals surface area (Å²) < 4.78 is 23.0. The summed E-state index contributed by atoms with van der Waals surface area (Å²) in [4.78, 5) is 10.9. The maximum atomic E-state index is 11.5. The summed E-state index contributed by atoms with van der Waals surface area (Å²) in [6.07, 6.45) is 0.791. The van der Waals surface area contributed by atoms with Crippen molar-refractivity contribution in [1.29, 1.82) is 0 Å². The van der Waals surface area contributed by atoms with Crippen molar-refractivity contribution in [3.05, 3.63) is 24.3 Å². The Balaban J connectivity index is 2.83. The maximum Gasteiger partial charge on any atom is 0.303 e. The Morgan fingerprint density at radius 1 is 1.33 bits per heavy atom. The minimum absolute atomic E-state index is 0.0172. The first-order chi connectivity index (χ1) is 9.70. The molecule has 1 atom stereocenters. The van der Waals surface area contributed by atoms with Gasteiger partial charge in [0.25, 0.3) is 0 Å². The molecular formula is C14H22N2O4S. The number of benzene rings is 1. The predicted octanol–water partition coefficient (Wildman–Crippen LogP) is 1.88. The van der Waals surface area contributed by atoms with Crippen LogP contribution in [0.15, 0.2) is 29.2 Å². The van der Waals surface area contributed by atoms with Crippen LogP contribution in [0, 0.1) is 11.8 Å². The maximum absolute atomic E-state index is 11.5. The summed E-state index contributed by atoms with van der Waals surface area (Å²) in [5.41, 5.74) is 0.402. The van der Waals surface area contributed by atoms with Crippen LogP contribution in [0.2, 0.25) is 0 Å². The van der Waals surface area contributed by atoms with Gasteiger partial charge in [-0.25, -0.2) is 13.6 Å². The molecule has 0 fully saturated rings. The van der Waals surface area contributed by atoms with Crippen LogP contribution in [-0.2, 0) is 14.8 Å². The lowest BCUT2D eigenvalue weighted by molar-refractivity contribution is -0.138. The van der Waals surface area contributed by atoms with Crippen LogP contribution in [0.5, 0.6) is 0 Å². The van der Waals surface area contributed by atoms with Crippen molar-refractivity contribution in [2.24, 2.45) is 17.0 Å². The van der Waals surface area contributed by atoms with Gasteiger partial charge in [0.15, 0.2) is 0 Å². The lowest BCUT2D eigenvalue weighted by atomic mass is 9.94. The molecule has 1 aromatic rings. The Labute approximate surface area is 125 Å². The molecule has 0 heterocycles. The van der Waals surface area contributed by atoms with E-state index in [9.17, 15) is 13.2 Å². The van der Waals surface area contributed by atoms with E-state index in [4.69, 9.17) is 10.2 Å². The summed E-state index contributed by atoms with van der Waals surface area (Å²) in [5.74, 6) is -0.567. The molecule has 1 aromatic carbocycles. The first kappa shape index (κ1) is 17.5. The molecule has 0 radical (unpaired) electrons. The molecule has 0 aromatic heterocycles. The van der Waals surface area contributed by atoms with Gasteiger partial charge in [-0.1, -0.05) is 26.0 Å². The number of carboxylic acids is 1. The summed E-state index contributed by atoms with van der Waals surface area (Å²) in [5, 5.41) is 17.1. The summed E-state index contributed by atoms with van der Waals surface area (Å²) in [6, 6.07) is 6.33.